The molecule has 1 aliphatic heterocycles. The number of halogens is 1. The Morgan fingerprint density at radius 1 is 1.13 bits per heavy atom. The molecule has 1 aliphatic rings. The Hall–Kier alpha value is -3.89. The Balaban J connectivity index is 1.82. The van der Waals surface area contributed by atoms with E-state index < -0.39 is 17.5 Å². The Morgan fingerprint density at radius 3 is 2.58 bits per heavy atom. The minimum atomic E-state index is -1.05. The lowest BCUT2D eigenvalue weighted by Gasteiger charge is -2.29. The maximum absolute atomic E-state index is 13.0. The minimum absolute atomic E-state index is 0.166. The first kappa shape index (κ1) is 19.1. The molecule has 0 saturated carbocycles. The quantitative estimate of drug-likeness (QED) is 0.468. The van der Waals surface area contributed by atoms with E-state index in [1.54, 1.807) is 35.9 Å². The van der Waals surface area contributed by atoms with Crippen molar-refractivity contribution in [1.29, 1.82) is 10.7 Å². The van der Waals surface area contributed by atoms with Crippen molar-refractivity contribution in [2.45, 2.75) is 12.8 Å². The summed E-state index contributed by atoms with van der Waals surface area (Å²) in [7, 11) is 0. The van der Waals surface area contributed by atoms with Crippen LogP contribution in [0.25, 0.3) is 16.7 Å². The molecule has 5 rings (SSSR count). The third-order valence-corrected chi connectivity index (χ3v) is 5.80. The van der Waals surface area contributed by atoms with Gasteiger partial charge in [-0.25, -0.2) is 9.48 Å². The number of nitrogens with one attached hydrogen (secondary N) is 1. The largest absolute Gasteiger partial charge is 0.441 e. The number of benzene rings is 2. The van der Waals surface area contributed by atoms with Crippen LogP contribution in [0.5, 0.6) is 5.75 Å². The fraction of sp³-hybridized carbons (Fsp3) is 0.130. The first-order valence-electron chi connectivity index (χ1n) is 9.53. The van der Waals surface area contributed by atoms with Crippen molar-refractivity contribution in [2.24, 2.45) is 5.92 Å². The summed E-state index contributed by atoms with van der Waals surface area (Å²) in [6, 6.07) is 18.3. The molecule has 2 unspecified atom stereocenters. The molecule has 0 bridgehead atoms. The molecule has 31 heavy (non-hydrogen) atoms. The molecule has 4 aromatic rings. The van der Waals surface area contributed by atoms with Crippen molar-refractivity contribution in [1.82, 2.24) is 9.78 Å². The molecule has 0 radical (unpaired) electrons. The summed E-state index contributed by atoms with van der Waals surface area (Å²) in [6.07, 6.45) is 0. The van der Waals surface area contributed by atoms with Crippen LogP contribution in [0, 0.1) is 29.6 Å². The normalized spacial score (nSPS) is 17.8. The van der Waals surface area contributed by atoms with Gasteiger partial charge in [0.1, 0.15) is 16.7 Å². The molecule has 8 heteroatoms. The summed E-state index contributed by atoms with van der Waals surface area (Å²) in [5.41, 5.74) is 1.66. The highest BCUT2D eigenvalue weighted by Crippen LogP contribution is 2.46. The maximum atomic E-state index is 13.0. The maximum Gasteiger partial charge on any atom is 0.343 e. The van der Waals surface area contributed by atoms with E-state index in [0.717, 1.165) is 5.69 Å². The van der Waals surface area contributed by atoms with Crippen LogP contribution in [-0.4, -0.2) is 15.7 Å². The zero-order valence-electron chi connectivity index (χ0n) is 16.3. The smallest absolute Gasteiger partial charge is 0.343 e. The van der Waals surface area contributed by atoms with Crippen LogP contribution in [0.2, 0.25) is 5.15 Å². The number of hydrogen-bond acceptors (Lipinski definition) is 6. The van der Waals surface area contributed by atoms with Crippen molar-refractivity contribution < 1.29 is 9.15 Å². The molecule has 0 amide bonds. The lowest BCUT2D eigenvalue weighted by Crippen LogP contribution is -2.35. The summed E-state index contributed by atoms with van der Waals surface area (Å²) in [5.74, 6) is -1.94. The molecule has 2 aromatic carbocycles. The standard InChI is InChI=1S/C23H15ClN4O3/c1-12-17(21(24)28(27-12)13-7-3-2-4-8-13)18-15(11-25)22(26)31-20-14-9-5-6-10-16(14)30-23(29)19(18)20/h2-10,15,18,26H,1H3. The van der Waals surface area contributed by atoms with Crippen LogP contribution in [0.4, 0.5) is 0 Å². The van der Waals surface area contributed by atoms with Crippen molar-refractivity contribution in [3.63, 3.8) is 0 Å². The highest BCUT2D eigenvalue weighted by molar-refractivity contribution is 6.30. The highest BCUT2D eigenvalue weighted by atomic mass is 35.5. The second-order valence-electron chi connectivity index (χ2n) is 7.22. The Bertz CT molecular complexity index is 1450. The Morgan fingerprint density at radius 2 is 1.84 bits per heavy atom. The van der Waals surface area contributed by atoms with Gasteiger partial charge in [0.05, 0.1) is 28.4 Å². The summed E-state index contributed by atoms with van der Waals surface area (Å²) in [5, 5.41) is 23.6. The lowest BCUT2D eigenvalue weighted by atomic mass is 9.79. The Labute approximate surface area is 181 Å². The van der Waals surface area contributed by atoms with E-state index >= 15 is 0 Å². The van der Waals surface area contributed by atoms with Gasteiger partial charge < -0.3 is 9.15 Å². The molecule has 2 atom stereocenters. The van der Waals surface area contributed by atoms with E-state index in [0.29, 0.717) is 22.2 Å². The van der Waals surface area contributed by atoms with E-state index in [4.69, 9.17) is 26.2 Å². The summed E-state index contributed by atoms with van der Waals surface area (Å²) in [6.45, 7) is 1.76. The average Bonchev–Trinajstić information content (AvgIpc) is 3.07. The van der Waals surface area contributed by atoms with Crippen molar-refractivity contribution in [2.75, 3.05) is 0 Å². The number of nitrogens with zero attached hydrogens (tertiary/aromatic N) is 3. The van der Waals surface area contributed by atoms with Gasteiger partial charge in [-0.1, -0.05) is 41.9 Å². The number of para-hydroxylation sites is 2. The molecule has 3 heterocycles. The van der Waals surface area contributed by atoms with Crippen LogP contribution < -0.4 is 10.4 Å². The number of ether oxygens (including phenoxy) is 1. The number of aromatic nitrogens is 2. The molecule has 0 saturated heterocycles. The number of rotatable bonds is 2. The summed E-state index contributed by atoms with van der Waals surface area (Å²) in [4.78, 5) is 13.0. The van der Waals surface area contributed by atoms with Gasteiger partial charge in [-0.05, 0) is 31.2 Å². The zero-order valence-corrected chi connectivity index (χ0v) is 17.1. The van der Waals surface area contributed by atoms with Gasteiger partial charge >= 0.3 is 5.63 Å². The molecule has 0 aliphatic carbocycles. The van der Waals surface area contributed by atoms with Gasteiger partial charge in [-0.15, -0.1) is 0 Å². The number of fused-ring (bicyclic) bond motifs is 3. The number of hydrogen-bond donors (Lipinski definition) is 1. The Kier molecular flexibility index (Phi) is 4.38. The SMILES string of the molecule is Cc1nn(-c2ccccc2)c(Cl)c1C1c2c(c3ccccc3oc2=O)OC(=N)C1C#N. The van der Waals surface area contributed by atoms with E-state index in [1.165, 1.54) is 0 Å². The molecule has 1 N–H and O–H groups in total. The second kappa shape index (κ2) is 7.11. The average molecular weight is 431 g/mol. The van der Waals surface area contributed by atoms with Crippen LogP contribution in [0.15, 0.2) is 63.8 Å². The lowest BCUT2D eigenvalue weighted by molar-refractivity contribution is 0.431. The van der Waals surface area contributed by atoms with Gasteiger partial charge in [0.15, 0.2) is 5.75 Å². The molecular weight excluding hydrogens is 416 g/mol. The summed E-state index contributed by atoms with van der Waals surface area (Å²) < 4.78 is 12.8. The molecular formula is C23H15ClN4O3. The molecule has 0 fully saturated rings. The highest BCUT2D eigenvalue weighted by Gasteiger charge is 2.43. The minimum Gasteiger partial charge on any atom is -0.441 e. The van der Waals surface area contributed by atoms with Crippen molar-refractivity contribution in [3.05, 3.63) is 87.0 Å². The van der Waals surface area contributed by atoms with E-state index in [-0.39, 0.29) is 22.4 Å². The van der Waals surface area contributed by atoms with E-state index in [1.807, 2.05) is 30.3 Å². The van der Waals surface area contributed by atoms with Crippen LogP contribution in [-0.2, 0) is 0 Å². The number of aryl methyl sites for hydroxylation is 1. The topological polar surface area (TPSA) is 105 Å². The van der Waals surface area contributed by atoms with Crippen molar-refractivity contribution >= 4 is 28.5 Å². The zero-order chi connectivity index (χ0) is 21.7. The second-order valence-corrected chi connectivity index (χ2v) is 7.57. The molecule has 7 nitrogen and oxygen atoms in total. The van der Waals surface area contributed by atoms with Gasteiger partial charge in [-0.2, -0.15) is 10.4 Å². The van der Waals surface area contributed by atoms with Crippen LogP contribution >= 0.6 is 11.6 Å². The molecule has 0 spiro atoms. The van der Waals surface area contributed by atoms with Gasteiger partial charge in [0, 0.05) is 11.5 Å². The monoisotopic (exact) mass is 430 g/mol. The predicted octanol–water partition coefficient (Wildman–Crippen LogP) is 4.58. The van der Waals surface area contributed by atoms with Crippen LogP contribution in [0.1, 0.15) is 22.7 Å². The van der Waals surface area contributed by atoms with E-state index in [9.17, 15) is 10.1 Å². The van der Waals surface area contributed by atoms with Gasteiger partial charge in [0.25, 0.3) is 0 Å². The summed E-state index contributed by atoms with van der Waals surface area (Å²) >= 11 is 6.75. The van der Waals surface area contributed by atoms with Crippen LogP contribution in [0.3, 0.4) is 0 Å². The van der Waals surface area contributed by atoms with Gasteiger partial charge in [0.2, 0.25) is 5.90 Å². The fourth-order valence-corrected chi connectivity index (χ4v) is 4.44. The van der Waals surface area contributed by atoms with Gasteiger partial charge in [-0.3, -0.25) is 5.41 Å². The number of nitriles is 1. The van der Waals surface area contributed by atoms with Crippen molar-refractivity contribution in [3.8, 4) is 17.5 Å². The first-order valence-corrected chi connectivity index (χ1v) is 9.91. The third kappa shape index (κ3) is 2.84. The molecule has 2 aromatic heterocycles. The predicted molar refractivity (Wildman–Crippen MR) is 115 cm³/mol. The van der Waals surface area contributed by atoms with E-state index in [2.05, 4.69) is 11.2 Å². The first-order chi connectivity index (χ1) is 15.0. The fourth-order valence-electron chi connectivity index (χ4n) is 4.05. The molecule has 152 valence electrons. The third-order valence-electron chi connectivity index (χ3n) is 5.44.